The van der Waals surface area contributed by atoms with E-state index in [1.807, 2.05) is 32.9 Å². The van der Waals surface area contributed by atoms with E-state index in [0.717, 1.165) is 24.9 Å². The van der Waals surface area contributed by atoms with Crippen LogP contribution >= 0.6 is 11.6 Å². The van der Waals surface area contributed by atoms with E-state index in [1.54, 1.807) is 6.20 Å². The minimum absolute atomic E-state index is 0.0109. The van der Waals surface area contributed by atoms with Crippen LogP contribution in [0.3, 0.4) is 0 Å². The lowest BCUT2D eigenvalue weighted by Gasteiger charge is -2.35. The molecule has 0 unspecified atom stereocenters. The molecule has 0 amide bonds. The third-order valence-electron chi connectivity index (χ3n) is 5.04. The van der Waals surface area contributed by atoms with Gasteiger partial charge in [-0.3, -0.25) is 9.69 Å². The number of ether oxygens (including phenoxy) is 1. The van der Waals surface area contributed by atoms with Crippen LogP contribution in [0.4, 0.5) is 0 Å². The highest BCUT2D eigenvalue weighted by Crippen LogP contribution is 2.53. The second-order valence-electron chi connectivity index (χ2n) is 7.81. The SMILES string of the molecule is CC(C)(C)OC(=O)[C@@]12CCCN1[C@@H](c1cccnc1Cl)[C@@H](CO)C2. The molecule has 2 saturated heterocycles. The van der Waals surface area contributed by atoms with Crippen molar-refractivity contribution in [1.29, 1.82) is 0 Å². The van der Waals surface area contributed by atoms with E-state index in [2.05, 4.69) is 9.88 Å². The number of aliphatic hydroxyl groups excluding tert-OH is 1. The standard InChI is InChI=1S/C18H25ClN2O3/c1-17(2,3)24-16(23)18-7-5-9-21(18)14(12(10-18)11-22)13-6-4-8-20-15(13)19/h4,6,8,12,14,22H,5,7,9-11H2,1-3H3/t12-,14-,18+/m1/s1. The zero-order chi connectivity index (χ0) is 17.5. The normalized spacial score (nSPS) is 30.4. The number of fused-ring (bicyclic) bond motifs is 1. The van der Waals surface area contributed by atoms with Crippen LogP contribution in [0.2, 0.25) is 5.15 Å². The molecule has 132 valence electrons. The number of esters is 1. The van der Waals surface area contributed by atoms with Crippen molar-refractivity contribution in [3.05, 3.63) is 29.0 Å². The summed E-state index contributed by atoms with van der Waals surface area (Å²) in [6, 6.07) is 3.68. The molecule has 1 aromatic heterocycles. The minimum atomic E-state index is -0.662. The maximum atomic E-state index is 13.0. The summed E-state index contributed by atoms with van der Waals surface area (Å²) in [5, 5.41) is 10.4. The Hall–Kier alpha value is -1.17. The number of nitrogens with zero attached hydrogens (tertiary/aromatic N) is 2. The third-order valence-corrected chi connectivity index (χ3v) is 5.36. The molecule has 3 atom stereocenters. The number of aliphatic hydroxyl groups is 1. The van der Waals surface area contributed by atoms with Gasteiger partial charge < -0.3 is 9.84 Å². The molecule has 0 bridgehead atoms. The predicted octanol–water partition coefficient (Wildman–Crippen LogP) is 2.96. The van der Waals surface area contributed by atoms with Crippen molar-refractivity contribution in [2.75, 3.05) is 13.2 Å². The molecule has 24 heavy (non-hydrogen) atoms. The lowest BCUT2D eigenvalue weighted by molar-refractivity contribution is -0.167. The van der Waals surface area contributed by atoms with Gasteiger partial charge in [0.25, 0.3) is 0 Å². The lowest BCUT2D eigenvalue weighted by Crippen LogP contribution is -2.49. The molecular formula is C18H25ClN2O3. The number of hydrogen-bond acceptors (Lipinski definition) is 5. The first-order valence-corrected chi connectivity index (χ1v) is 8.88. The molecule has 0 aromatic carbocycles. The maximum absolute atomic E-state index is 13.0. The summed E-state index contributed by atoms with van der Waals surface area (Å²) in [6.07, 6.45) is 3.94. The molecule has 2 aliphatic heterocycles. The van der Waals surface area contributed by atoms with Gasteiger partial charge in [-0.25, -0.2) is 4.98 Å². The van der Waals surface area contributed by atoms with Crippen LogP contribution in [0.5, 0.6) is 0 Å². The summed E-state index contributed by atoms with van der Waals surface area (Å²) in [7, 11) is 0. The summed E-state index contributed by atoms with van der Waals surface area (Å²) < 4.78 is 5.72. The van der Waals surface area contributed by atoms with Gasteiger partial charge in [0, 0.05) is 30.3 Å². The highest BCUT2D eigenvalue weighted by atomic mass is 35.5. The Kier molecular flexibility index (Phi) is 4.62. The van der Waals surface area contributed by atoms with Crippen LogP contribution in [0, 0.1) is 5.92 Å². The number of halogens is 1. The fourth-order valence-corrected chi connectivity index (χ4v) is 4.44. The predicted molar refractivity (Wildman–Crippen MR) is 91.7 cm³/mol. The van der Waals surface area contributed by atoms with Crippen LogP contribution < -0.4 is 0 Å². The summed E-state index contributed by atoms with van der Waals surface area (Å²) in [5.41, 5.74) is -0.311. The molecule has 6 heteroatoms. The van der Waals surface area contributed by atoms with Gasteiger partial charge in [-0.05, 0) is 52.6 Å². The van der Waals surface area contributed by atoms with Crippen molar-refractivity contribution in [2.45, 2.75) is 57.2 Å². The van der Waals surface area contributed by atoms with E-state index < -0.39 is 11.1 Å². The third kappa shape index (κ3) is 2.93. The number of hydrogen-bond donors (Lipinski definition) is 1. The van der Waals surface area contributed by atoms with E-state index in [4.69, 9.17) is 16.3 Å². The quantitative estimate of drug-likeness (QED) is 0.669. The Balaban J connectivity index is 1.98. The topological polar surface area (TPSA) is 62.7 Å². The Labute approximate surface area is 148 Å². The molecule has 5 nitrogen and oxygen atoms in total. The Morgan fingerprint density at radius 1 is 1.54 bits per heavy atom. The number of aromatic nitrogens is 1. The first-order valence-electron chi connectivity index (χ1n) is 8.50. The van der Waals surface area contributed by atoms with Crippen molar-refractivity contribution in [3.8, 4) is 0 Å². The number of pyridine rings is 1. The summed E-state index contributed by atoms with van der Waals surface area (Å²) in [6.45, 7) is 6.46. The maximum Gasteiger partial charge on any atom is 0.327 e. The zero-order valence-corrected chi connectivity index (χ0v) is 15.2. The van der Waals surface area contributed by atoms with E-state index in [9.17, 15) is 9.90 Å². The fraction of sp³-hybridized carbons (Fsp3) is 0.667. The van der Waals surface area contributed by atoms with Gasteiger partial charge in [0.15, 0.2) is 0 Å². The smallest absolute Gasteiger partial charge is 0.327 e. The minimum Gasteiger partial charge on any atom is -0.459 e. The van der Waals surface area contributed by atoms with Crippen molar-refractivity contribution >= 4 is 17.6 Å². The molecule has 0 aliphatic carbocycles. The summed E-state index contributed by atoms with van der Waals surface area (Å²) in [4.78, 5) is 19.4. The molecule has 0 saturated carbocycles. The van der Waals surface area contributed by atoms with Crippen LogP contribution in [-0.4, -0.2) is 45.3 Å². The largest absolute Gasteiger partial charge is 0.459 e. The molecule has 3 heterocycles. The molecule has 2 aliphatic rings. The van der Waals surface area contributed by atoms with Crippen molar-refractivity contribution in [3.63, 3.8) is 0 Å². The van der Waals surface area contributed by atoms with Gasteiger partial charge in [0.05, 0.1) is 0 Å². The Morgan fingerprint density at radius 3 is 2.92 bits per heavy atom. The molecule has 1 N–H and O–H groups in total. The van der Waals surface area contributed by atoms with Crippen molar-refractivity contribution < 1.29 is 14.6 Å². The van der Waals surface area contributed by atoms with E-state index in [0.29, 0.717) is 11.6 Å². The number of carbonyl (C=O) groups excluding carboxylic acids is 1. The van der Waals surface area contributed by atoms with Crippen LogP contribution in [-0.2, 0) is 9.53 Å². The number of carbonyl (C=O) groups is 1. The van der Waals surface area contributed by atoms with Gasteiger partial charge in [-0.15, -0.1) is 0 Å². The zero-order valence-electron chi connectivity index (χ0n) is 14.5. The summed E-state index contributed by atoms with van der Waals surface area (Å²) >= 11 is 6.31. The van der Waals surface area contributed by atoms with E-state index in [1.165, 1.54) is 0 Å². The molecule has 0 spiro atoms. The van der Waals surface area contributed by atoms with Crippen LogP contribution in [0.1, 0.15) is 51.6 Å². The molecule has 1 aromatic rings. The van der Waals surface area contributed by atoms with Gasteiger partial charge in [-0.2, -0.15) is 0 Å². The Morgan fingerprint density at radius 2 is 2.29 bits per heavy atom. The second kappa shape index (κ2) is 6.28. The molecule has 2 fully saturated rings. The van der Waals surface area contributed by atoms with Gasteiger partial charge in [0.2, 0.25) is 0 Å². The molecular weight excluding hydrogens is 328 g/mol. The average Bonchev–Trinajstić information content (AvgIpc) is 3.03. The Bertz CT molecular complexity index is 631. The lowest BCUT2D eigenvalue weighted by atomic mass is 9.87. The van der Waals surface area contributed by atoms with Gasteiger partial charge in [-0.1, -0.05) is 17.7 Å². The number of rotatable bonds is 3. The van der Waals surface area contributed by atoms with Gasteiger partial charge >= 0.3 is 5.97 Å². The highest BCUT2D eigenvalue weighted by Gasteiger charge is 2.60. The molecule has 0 radical (unpaired) electrons. The monoisotopic (exact) mass is 352 g/mol. The van der Waals surface area contributed by atoms with E-state index >= 15 is 0 Å². The first-order chi connectivity index (χ1) is 11.3. The van der Waals surface area contributed by atoms with Crippen LogP contribution in [0.25, 0.3) is 0 Å². The fourth-order valence-electron chi connectivity index (χ4n) is 4.21. The van der Waals surface area contributed by atoms with E-state index in [-0.39, 0.29) is 24.5 Å². The van der Waals surface area contributed by atoms with Gasteiger partial charge in [0.1, 0.15) is 16.3 Å². The van der Waals surface area contributed by atoms with Crippen molar-refractivity contribution in [2.24, 2.45) is 5.92 Å². The average molecular weight is 353 g/mol. The first kappa shape index (κ1) is 17.6. The molecule has 3 rings (SSSR count). The summed E-state index contributed by atoms with van der Waals surface area (Å²) in [5.74, 6) is -0.243. The van der Waals surface area contributed by atoms with Crippen LogP contribution in [0.15, 0.2) is 18.3 Å². The highest BCUT2D eigenvalue weighted by molar-refractivity contribution is 6.30. The van der Waals surface area contributed by atoms with Crippen molar-refractivity contribution in [1.82, 2.24) is 9.88 Å². The second-order valence-corrected chi connectivity index (χ2v) is 8.16.